The van der Waals surface area contributed by atoms with Gasteiger partial charge >= 0.3 is 0 Å². The fourth-order valence-corrected chi connectivity index (χ4v) is 5.62. The third-order valence-electron chi connectivity index (χ3n) is 8.09. The van der Waals surface area contributed by atoms with E-state index in [2.05, 4.69) is 59.5 Å². The van der Waals surface area contributed by atoms with E-state index >= 15 is 0 Å². The van der Waals surface area contributed by atoms with Crippen molar-refractivity contribution >= 4 is 17.6 Å². The average molecular weight is 538 g/mol. The monoisotopic (exact) mass is 537 g/mol. The molecule has 3 saturated heterocycles. The maximum atomic E-state index is 6.16. The number of nitrogens with zero attached hydrogens (tertiary/aromatic N) is 6. The molecule has 3 aliphatic heterocycles. The Bertz CT molecular complexity index is 985. The van der Waals surface area contributed by atoms with E-state index in [1.54, 1.807) is 0 Å². The highest BCUT2D eigenvalue weighted by molar-refractivity contribution is 5.52. The number of anilines is 3. The first-order valence-electron chi connectivity index (χ1n) is 14.9. The number of nitrogens with two attached hydrogens (primary N) is 1. The smallest absolute Gasteiger partial charge is 0.226 e. The molecule has 0 bridgehead atoms. The summed E-state index contributed by atoms with van der Waals surface area (Å²) in [6.45, 7) is 16.5. The van der Waals surface area contributed by atoms with Gasteiger partial charge in [0.15, 0.2) is 0 Å². The van der Waals surface area contributed by atoms with Gasteiger partial charge in [0.05, 0.1) is 13.2 Å². The molecule has 3 fully saturated rings. The largest absolute Gasteiger partial charge is 0.383 e. The van der Waals surface area contributed by atoms with Crippen molar-refractivity contribution in [3.63, 3.8) is 0 Å². The summed E-state index contributed by atoms with van der Waals surface area (Å²) < 4.78 is 5.46. The molecule has 5 rings (SSSR count). The Morgan fingerprint density at radius 1 is 0.744 bits per heavy atom. The molecule has 0 spiro atoms. The first-order chi connectivity index (χ1) is 19.2. The van der Waals surface area contributed by atoms with Crippen LogP contribution in [0.5, 0.6) is 0 Å². The molecule has 0 saturated carbocycles. The van der Waals surface area contributed by atoms with Crippen molar-refractivity contribution in [2.75, 3.05) is 108 Å². The molecule has 3 aliphatic rings. The quantitative estimate of drug-likeness (QED) is 0.328. The second kappa shape index (κ2) is 14.8. The molecule has 0 atom stereocenters. The zero-order chi connectivity index (χ0) is 26.7. The van der Waals surface area contributed by atoms with Crippen LogP contribution >= 0.6 is 0 Å². The van der Waals surface area contributed by atoms with Gasteiger partial charge in [-0.3, -0.25) is 9.80 Å². The first-order valence-corrected chi connectivity index (χ1v) is 14.9. The summed E-state index contributed by atoms with van der Waals surface area (Å²) in [5, 5.41) is 6.96. The number of likely N-dealkylation sites (tertiary alicyclic amines) is 1. The second-order valence-electron chi connectivity index (χ2n) is 11.0. The van der Waals surface area contributed by atoms with Crippen LogP contribution in [0.25, 0.3) is 0 Å². The van der Waals surface area contributed by atoms with Gasteiger partial charge in [-0.15, -0.1) is 0 Å². The summed E-state index contributed by atoms with van der Waals surface area (Å²) in [4.78, 5) is 19.2. The third kappa shape index (κ3) is 9.01. The van der Waals surface area contributed by atoms with Gasteiger partial charge in [0, 0.05) is 71.5 Å². The highest BCUT2D eigenvalue weighted by Gasteiger charge is 2.20. The summed E-state index contributed by atoms with van der Waals surface area (Å²) in [7, 11) is 0. The lowest BCUT2D eigenvalue weighted by atomic mass is 10.1. The predicted octanol–water partition coefficient (Wildman–Crippen LogP) is 1.70. The summed E-state index contributed by atoms with van der Waals surface area (Å²) in [5.41, 5.74) is 8.68. The average Bonchev–Trinajstić information content (AvgIpc) is 3.50. The van der Waals surface area contributed by atoms with Crippen molar-refractivity contribution in [3.8, 4) is 0 Å². The lowest BCUT2D eigenvalue weighted by Gasteiger charge is -2.37. The Labute approximate surface area is 233 Å². The van der Waals surface area contributed by atoms with E-state index in [0.29, 0.717) is 18.3 Å². The van der Waals surface area contributed by atoms with E-state index in [1.165, 1.54) is 50.0 Å². The van der Waals surface area contributed by atoms with Crippen molar-refractivity contribution in [1.29, 1.82) is 0 Å². The van der Waals surface area contributed by atoms with Crippen LogP contribution in [0.2, 0.25) is 0 Å². The molecule has 39 heavy (non-hydrogen) atoms. The Balaban J connectivity index is 1.02. The number of aromatic nitrogens is 2. The van der Waals surface area contributed by atoms with E-state index in [9.17, 15) is 0 Å². The molecule has 0 aliphatic carbocycles. The standard InChI is InChI=1S/C29H47N9O/c30-27-22-28(38-16-14-36(15-17-38)12-13-37-18-20-39-21-19-37)34-29(33-27)32-24-26-6-4-25(5-7-26)23-31-8-3-11-35-9-1-2-10-35/h4-7,22,31H,1-3,8-21,23-24H2,(H3,30,32,33,34). The Morgan fingerprint density at radius 3 is 2.10 bits per heavy atom. The number of piperazine rings is 1. The van der Waals surface area contributed by atoms with Crippen LogP contribution in [-0.2, 0) is 17.8 Å². The zero-order valence-corrected chi connectivity index (χ0v) is 23.5. The first kappa shape index (κ1) is 28.0. The van der Waals surface area contributed by atoms with E-state index in [0.717, 1.165) is 84.5 Å². The minimum absolute atomic E-state index is 0.503. The molecule has 2 aromatic rings. The maximum Gasteiger partial charge on any atom is 0.226 e. The molecule has 4 N–H and O–H groups in total. The molecule has 4 heterocycles. The lowest BCUT2D eigenvalue weighted by Crippen LogP contribution is -2.49. The van der Waals surface area contributed by atoms with Crippen LogP contribution in [-0.4, -0.2) is 116 Å². The van der Waals surface area contributed by atoms with Crippen LogP contribution < -0.4 is 21.3 Å². The summed E-state index contributed by atoms with van der Waals surface area (Å²) in [6.07, 6.45) is 3.95. The number of morpholine rings is 1. The van der Waals surface area contributed by atoms with Gasteiger partial charge in [-0.05, 0) is 56.6 Å². The Hall–Kier alpha value is -2.50. The summed E-state index contributed by atoms with van der Waals surface area (Å²) in [6, 6.07) is 10.7. The number of nitrogen functional groups attached to an aromatic ring is 1. The Morgan fingerprint density at radius 2 is 1.38 bits per heavy atom. The van der Waals surface area contributed by atoms with Crippen molar-refractivity contribution in [3.05, 3.63) is 41.5 Å². The van der Waals surface area contributed by atoms with Crippen LogP contribution in [0, 0.1) is 0 Å². The van der Waals surface area contributed by atoms with E-state index < -0.39 is 0 Å². The lowest BCUT2D eigenvalue weighted by molar-refractivity contribution is 0.0331. The minimum atomic E-state index is 0.503. The number of rotatable bonds is 13. The highest BCUT2D eigenvalue weighted by Crippen LogP contribution is 2.19. The van der Waals surface area contributed by atoms with Gasteiger partial charge in [0.25, 0.3) is 0 Å². The number of nitrogens with one attached hydrogen (secondary N) is 2. The molecule has 1 aromatic heterocycles. The molecular weight excluding hydrogens is 490 g/mol. The van der Waals surface area contributed by atoms with Gasteiger partial charge in [0.2, 0.25) is 5.95 Å². The van der Waals surface area contributed by atoms with Crippen LogP contribution in [0.4, 0.5) is 17.6 Å². The van der Waals surface area contributed by atoms with Crippen LogP contribution in [0.15, 0.2) is 30.3 Å². The molecule has 214 valence electrons. The summed E-state index contributed by atoms with van der Waals surface area (Å²) in [5.74, 6) is 2.00. The number of hydrogen-bond donors (Lipinski definition) is 3. The molecule has 1 aromatic carbocycles. The van der Waals surface area contributed by atoms with Gasteiger partial charge in [-0.2, -0.15) is 9.97 Å². The molecular formula is C29H47N9O. The van der Waals surface area contributed by atoms with Crippen molar-refractivity contribution in [1.82, 2.24) is 30.0 Å². The van der Waals surface area contributed by atoms with Gasteiger partial charge in [0.1, 0.15) is 11.6 Å². The molecule has 10 nitrogen and oxygen atoms in total. The van der Waals surface area contributed by atoms with E-state index in [1.807, 2.05) is 6.07 Å². The van der Waals surface area contributed by atoms with Gasteiger partial charge in [-0.25, -0.2) is 0 Å². The van der Waals surface area contributed by atoms with Crippen molar-refractivity contribution in [2.24, 2.45) is 0 Å². The number of hydrogen-bond acceptors (Lipinski definition) is 10. The third-order valence-corrected chi connectivity index (χ3v) is 8.09. The predicted molar refractivity (Wildman–Crippen MR) is 158 cm³/mol. The van der Waals surface area contributed by atoms with Crippen LogP contribution in [0.1, 0.15) is 30.4 Å². The number of benzene rings is 1. The zero-order valence-electron chi connectivity index (χ0n) is 23.5. The van der Waals surface area contributed by atoms with Crippen molar-refractivity contribution < 1.29 is 4.74 Å². The fourth-order valence-electron chi connectivity index (χ4n) is 5.62. The molecule has 0 amide bonds. The normalized spacial score (nSPS) is 19.5. The molecule has 0 radical (unpaired) electrons. The second-order valence-corrected chi connectivity index (χ2v) is 11.0. The van der Waals surface area contributed by atoms with E-state index in [4.69, 9.17) is 15.5 Å². The summed E-state index contributed by atoms with van der Waals surface area (Å²) >= 11 is 0. The highest BCUT2D eigenvalue weighted by atomic mass is 16.5. The van der Waals surface area contributed by atoms with Gasteiger partial charge in [-0.1, -0.05) is 24.3 Å². The van der Waals surface area contributed by atoms with Crippen molar-refractivity contribution in [2.45, 2.75) is 32.4 Å². The fraction of sp³-hybridized carbons (Fsp3) is 0.655. The van der Waals surface area contributed by atoms with E-state index in [-0.39, 0.29) is 0 Å². The maximum absolute atomic E-state index is 6.16. The van der Waals surface area contributed by atoms with Crippen LogP contribution in [0.3, 0.4) is 0 Å². The minimum Gasteiger partial charge on any atom is -0.383 e. The topological polar surface area (TPSA) is 98.0 Å². The molecule has 10 heteroatoms. The SMILES string of the molecule is Nc1cc(N2CCN(CCN3CCOCC3)CC2)nc(NCc2ccc(CNCCCN3CCCC3)cc2)n1. The van der Waals surface area contributed by atoms with Gasteiger partial charge < -0.3 is 30.9 Å². The Kier molecular flexibility index (Phi) is 10.6. The molecule has 0 unspecified atom stereocenters. The number of ether oxygens (including phenoxy) is 1.